The third-order valence-electron chi connectivity index (χ3n) is 4.88. The number of likely N-dealkylation sites (tertiary alicyclic amines) is 1. The predicted molar refractivity (Wildman–Crippen MR) is 93.3 cm³/mol. The first-order valence-electron chi connectivity index (χ1n) is 8.60. The molecule has 0 spiro atoms. The lowest BCUT2D eigenvalue weighted by atomic mass is 9.97. The van der Waals surface area contributed by atoms with Gasteiger partial charge in [-0.15, -0.1) is 0 Å². The lowest BCUT2D eigenvalue weighted by Gasteiger charge is -2.32. The van der Waals surface area contributed by atoms with E-state index in [1.807, 2.05) is 19.9 Å². The number of β-amino-alcohol motifs (C(OH)–C–C–N with tert-alkyl or cyclic N) is 1. The van der Waals surface area contributed by atoms with E-state index in [0.29, 0.717) is 6.54 Å². The van der Waals surface area contributed by atoms with Crippen molar-refractivity contribution in [1.29, 1.82) is 0 Å². The lowest BCUT2D eigenvalue weighted by Crippen LogP contribution is -2.42. The van der Waals surface area contributed by atoms with Gasteiger partial charge in [-0.05, 0) is 63.4 Å². The van der Waals surface area contributed by atoms with E-state index in [-0.39, 0.29) is 18.5 Å². The fraction of sp³-hybridized carbons (Fsp3) is 0.632. The first-order chi connectivity index (χ1) is 11.4. The number of rotatable bonds is 6. The largest absolute Gasteiger partial charge is 0.490 e. The van der Waals surface area contributed by atoms with Gasteiger partial charge in [-0.1, -0.05) is 12.1 Å². The van der Waals surface area contributed by atoms with Crippen LogP contribution in [-0.4, -0.2) is 55.4 Å². The molecule has 5 heteroatoms. The summed E-state index contributed by atoms with van der Waals surface area (Å²) >= 11 is 0. The van der Waals surface area contributed by atoms with Crippen molar-refractivity contribution in [3.8, 4) is 5.75 Å². The maximum absolute atomic E-state index is 11.5. The number of hydrogen-bond acceptors (Lipinski definition) is 5. The van der Waals surface area contributed by atoms with Gasteiger partial charge in [0, 0.05) is 6.54 Å². The molecule has 1 saturated heterocycles. The van der Waals surface area contributed by atoms with Crippen LogP contribution in [0.5, 0.6) is 5.75 Å². The molecule has 24 heavy (non-hydrogen) atoms. The second-order valence-corrected chi connectivity index (χ2v) is 6.72. The molecule has 1 fully saturated rings. The van der Waals surface area contributed by atoms with E-state index in [1.54, 1.807) is 0 Å². The second kappa shape index (κ2) is 8.49. The Kier molecular flexibility index (Phi) is 6.63. The summed E-state index contributed by atoms with van der Waals surface area (Å²) < 4.78 is 10.7. The fourth-order valence-electron chi connectivity index (χ4n) is 3.20. The molecule has 134 valence electrons. The summed E-state index contributed by atoms with van der Waals surface area (Å²) in [5.41, 5.74) is 3.40. The van der Waals surface area contributed by atoms with Crippen LogP contribution in [0.15, 0.2) is 12.1 Å². The molecule has 1 aromatic carbocycles. The highest BCUT2D eigenvalue weighted by atomic mass is 16.5. The first kappa shape index (κ1) is 18.7. The van der Waals surface area contributed by atoms with Gasteiger partial charge < -0.3 is 19.5 Å². The zero-order valence-corrected chi connectivity index (χ0v) is 15.2. The zero-order valence-electron chi connectivity index (χ0n) is 15.2. The predicted octanol–water partition coefficient (Wildman–Crippen LogP) is 2.24. The maximum atomic E-state index is 11.5. The number of piperidine rings is 1. The molecule has 1 atom stereocenters. The number of aliphatic hydroxyl groups is 1. The molecule has 5 nitrogen and oxygen atoms in total. The lowest BCUT2D eigenvalue weighted by molar-refractivity contribution is -0.147. The molecule has 2 rings (SSSR count). The molecule has 1 heterocycles. The molecule has 0 saturated carbocycles. The van der Waals surface area contributed by atoms with Gasteiger partial charge in [0.1, 0.15) is 18.5 Å². The van der Waals surface area contributed by atoms with Crippen LogP contribution < -0.4 is 4.74 Å². The molecule has 1 N–H and O–H groups in total. The van der Waals surface area contributed by atoms with E-state index >= 15 is 0 Å². The van der Waals surface area contributed by atoms with Gasteiger partial charge in [-0.25, -0.2) is 0 Å². The second-order valence-electron chi connectivity index (χ2n) is 6.72. The van der Waals surface area contributed by atoms with Crippen molar-refractivity contribution in [2.75, 3.05) is 33.4 Å². The fourth-order valence-corrected chi connectivity index (χ4v) is 3.20. The van der Waals surface area contributed by atoms with Crippen molar-refractivity contribution in [2.45, 2.75) is 39.7 Å². The van der Waals surface area contributed by atoms with Gasteiger partial charge in [-0.2, -0.15) is 0 Å². The van der Waals surface area contributed by atoms with E-state index in [0.717, 1.165) is 42.8 Å². The highest BCUT2D eigenvalue weighted by molar-refractivity contribution is 5.72. The van der Waals surface area contributed by atoms with Gasteiger partial charge in [0.05, 0.1) is 13.0 Å². The minimum Gasteiger partial charge on any atom is -0.490 e. The van der Waals surface area contributed by atoms with Crippen LogP contribution in [0.2, 0.25) is 0 Å². The van der Waals surface area contributed by atoms with Crippen molar-refractivity contribution in [2.24, 2.45) is 5.92 Å². The van der Waals surface area contributed by atoms with Crippen LogP contribution in [0.1, 0.15) is 29.5 Å². The van der Waals surface area contributed by atoms with Gasteiger partial charge in [0.25, 0.3) is 0 Å². The summed E-state index contributed by atoms with van der Waals surface area (Å²) in [6.07, 6.45) is 1.03. The highest BCUT2D eigenvalue weighted by Gasteiger charge is 2.26. The molecule has 0 aliphatic carbocycles. The molecular weight excluding hydrogens is 306 g/mol. The Morgan fingerprint density at radius 2 is 1.88 bits per heavy atom. The summed E-state index contributed by atoms with van der Waals surface area (Å²) in [6.45, 7) is 8.58. The number of ether oxygens (including phenoxy) is 2. The standard InChI is InChI=1S/C19H29NO4/c1-13-5-6-14(2)18(15(13)3)24-12-17(21)11-20-9-7-16(8-10-20)19(22)23-4/h5-6,16-17,21H,7-12H2,1-4H3. The molecule has 0 aromatic heterocycles. The molecule has 1 unspecified atom stereocenters. The third-order valence-corrected chi connectivity index (χ3v) is 4.88. The van der Waals surface area contributed by atoms with Crippen molar-refractivity contribution < 1.29 is 19.4 Å². The van der Waals surface area contributed by atoms with Crippen LogP contribution >= 0.6 is 0 Å². The number of aryl methyl sites for hydroxylation is 2. The minimum absolute atomic E-state index is 0.00256. The number of nitrogens with zero attached hydrogens (tertiary/aromatic N) is 1. The SMILES string of the molecule is COC(=O)C1CCN(CC(O)COc2c(C)ccc(C)c2C)CC1. The van der Waals surface area contributed by atoms with Gasteiger partial charge in [0.2, 0.25) is 0 Å². The minimum atomic E-state index is -0.543. The molecular formula is C19H29NO4. The average molecular weight is 335 g/mol. The van der Waals surface area contributed by atoms with E-state index in [2.05, 4.69) is 17.9 Å². The summed E-state index contributed by atoms with van der Waals surface area (Å²) in [5, 5.41) is 10.3. The average Bonchev–Trinajstić information content (AvgIpc) is 2.58. The number of carbonyl (C=O) groups excluding carboxylic acids is 1. The molecule has 0 bridgehead atoms. The number of hydrogen-bond donors (Lipinski definition) is 1. The van der Waals surface area contributed by atoms with Crippen LogP contribution in [-0.2, 0) is 9.53 Å². The number of methoxy groups -OCH3 is 1. The zero-order chi connectivity index (χ0) is 17.7. The van der Waals surface area contributed by atoms with Gasteiger partial charge in [0.15, 0.2) is 0 Å². The van der Waals surface area contributed by atoms with Crippen molar-refractivity contribution in [1.82, 2.24) is 4.90 Å². The molecule has 1 aliphatic rings. The Morgan fingerprint density at radius 1 is 1.25 bits per heavy atom. The molecule has 0 amide bonds. The van der Waals surface area contributed by atoms with E-state index < -0.39 is 6.10 Å². The summed E-state index contributed by atoms with van der Waals surface area (Å²) in [4.78, 5) is 13.7. The van der Waals surface area contributed by atoms with Crippen molar-refractivity contribution in [3.63, 3.8) is 0 Å². The van der Waals surface area contributed by atoms with Crippen molar-refractivity contribution >= 4 is 5.97 Å². The third kappa shape index (κ3) is 4.71. The summed E-state index contributed by atoms with van der Waals surface area (Å²) in [7, 11) is 1.44. The van der Waals surface area contributed by atoms with Crippen LogP contribution in [0.4, 0.5) is 0 Å². The Bertz CT molecular complexity index is 565. The first-order valence-corrected chi connectivity index (χ1v) is 8.60. The topological polar surface area (TPSA) is 59.0 Å². The maximum Gasteiger partial charge on any atom is 0.308 e. The number of benzene rings is 1. The molecule has 1 aromatic rings. The Labute approximate surface area is 144 Å². The molecule has 0 radical (unpaired) electrons. The normalized spacial score (nSPS) is 17.5. The number of carbonyl (C=O) groups is 1. The van der Waals surface area contributed by atoms with Crippen molar-refractivity contribution in [3.05, 3.63) is 28.8 Å². The van der Waals surface area contributed by atoms with Gasteiger partial charge in [-0.3, -0.25) is 4.79 Å². The molecule has 1 aliphatic heterocycles. The monoisotopic (exact) mass is 335 g/mol. The highest BCUT2D eigenvalue weighted by Crippen LogP contribution is 2.26. The summed E-state index contributed by atoms with van der Waals surface area (Å²) in [6, 6.07) is 4.13. The Morgan fingerprint density at radius 3 is 2.50 bits per heavy atom. The van der Waals surface area contributed by atoms with E-state index in [4.69, 9.17) is 9.47 Å². The van der Waals surface area contributed by atoms with Crippen LogP contribution in [0, 0.1) is 26.7 Å². The van der Waals surface area contributed by atoms with E-state index in [1.165, 1.54) is 12.7 Å². The van der Waals surface area contributed by atoms with E-state index in [9.17, 15) is 9.90 Å². The summed E-state index contributed by atoms with van der Waals surface area (Å²) in [5.74, 6) is 0.750. The quantitative estimate of drug-likeness (QED) is 0.808. The Hall–Kier alpha value is -1.59. The smallest absolute Gasteiger partial charge is 0.308 e. The number of esters is 1. The Balaban J connectivity index is 1.80. The van der Waals surface area contributed by atoms with Crippen LogP contribution in [0.25, 0.3) is 0 Å². The van der Waals surface area contributed by atoms with Gasteiger partial charge >= 0.3 is 5.97 Å². The van der Waals surface area contributed by atoms with Crippen LogP contribution in [0.3, 0.4) is 0 Å². The number of aliphatic hydroxyl groups excluding tert-OH is 1.